The maximum absolute atomic E-state index is 13.6. The number of pyridine rings is 3. The zero-order valence-corrected chi connectivity index (χ0v) is 20.2. The van der Waals surface area contributed by atoms with Crippen molar-refractivity contribution in [3.63, 3.8) is 0 Å². The Labute approximate surface area is 215 Å². The Morgan fingerprint density at radius 1 is 0.921 bits per heavy atom. The SMILES string of the molecule is FC1(F)CCN(Cc2cncc(-c3ccc4[nH]nc(-c5nc6c(-c7ccccn7)cccc6[nH]5)c4n3)c2)C1. The molecule has 0 saturated carbocycles. The molecule has 1 aliphatic rings. The minimum absolute atomic E-state index is 0.104. The molecule has 1 fully saturated rings. The molecule has 38 heavy (non-hydrogen) atoms. The third-order valence-corrected chi connectivity index (χ3v) is 6.83. The lowest BCUT2D eigenvalue weighted by atomic mass is 10.1. The fourth-order valence-corrected chi connectivity index (χ4v) is 5.01. The lowest BCUT2D eigenvalue weighted by Crippen LogP contribution is -2.24. The predicted molar refractivity (Wildman–Crippen MR) is 140 cm³/mol. The molecule has 0 unspecified atom stereocenters. The standard InChI is InChI=1S/C28H22F2N8/c29-28(30)9-11-38(16-28)15-17-12-18(14-31-13-17)20-7-8-23-25(33-20)26(37-36-23)27-34-22-6-3-4-19(24(22)35-27)21-5-1-2-10-32-21/h1-8,10,12-14H,9,11,15-16H2,(H,34,35)(H,36,37). The van der Waals surface area contributed by atoms with E-state index in [1.54, 1.807) is 23.5 Å². The van der Waals surface area contributed by atoms with E-state index in [0.717, 1.165) is 38.9 Å². The van der Waals surface area contributed by atoms with Crippen LogP contribution in [-0.4, -0.2) is 59.0 Å². The van der Waals surface area contributed by atoms with Crippen LogP contribution in [0.5, 0.6) is 0 Å². The maximum atomic E-state index is 13.6. The molecule has 6 aromatic rings. The van der Waals surface area contributed by atoms with Gasteiger partial charge in [-0.05, 0) is 42.0 Å². The van der Waals surface area contributed by atoms with Gasteiger partial charge in [-0.15, -0.1) is 0 Å². The predicted octanol–water partition coefficient (Wildman–Crippen LogP) is 5.47. The van der Waals surface area contributed by atoms with Crippen LogP contribution in [0.3, 0.4) is 0 Å². The molecule has 0 bridgehead atoms. The summed E-state index contributed by atoms with van der Waals surface area (Å²) in [6.45, 7) is 0.575. The van der Waals surface area contributed by atoms with Crippen molar-refractivity contribution in [2.75, 3.05) is 13.1 Å². The Hall–Kier alpha value is -4.57. The van der Waals surface area contributed by atoms with Crippen LogP contribution in [0, 0.1) is 0 Å². The van der Waals surface area contributed by atoms with Crippen molar-refractivity contribution in [2.24, 2.45) is 0 Å². The van der Waals surface area contributed by atoms with E-state index < -0.39 is 5.92 Å². The molecule has 0 atom stereocenters. The number of rotatable bonds is 5. The van der Waals surface area contributed by atoms with Gasteiger partial charge in [-0.3, -0.25) is 20.0 Å². The number of aromatic amines is 2. The summed E-state index contributed by atoms with van der Waals surface area (Å²) in [5, 5.41) is 7.55. The number of para-hydroxylation sites is 1. The second-order valence-corrected chi connectivity index (χ2v) is 9.57. The number of hydrogen-bond acceptors (Lipinski definition) is 6. The Kier molecular flexibility index (Phi) is 5.22. The van der Waals surface area contributed by atoms with Gasteiger partial charge in [0.15, 0.2) is 11.5 Å². The van der Waals surface area contributed by atoms with Crippen molar-refractivity contribution < 1.29 is 8.78 Å². The summed E-state index contributed by atoms with van der Waals surface area (Å²) in [5.41, 5.74) is 7.89. The van der Waals surface area contributed by atoms with Gasteiger partial charge < -0.3 is 4.98 Å². The first-order valence-corrected chi connectivity index (χ1v) is 12.3. The molecule has 8 nitrogen and oxygen atoms in total. The lowest BCUT2D eigenvalue weighted by molar-refractivity contribution is 0.0115. The van der Waals surface area contributed by atoms with E-state index in [4.69, 9.17) is 9.97 Å². The molecule has 2 N–H and O–H groups in total. The third kappa shape index (κ3) is 4.08. The fourth-order valence-electron chi connectivity index (χ4n) is 5.01. The second-order valence-electron chi connectivity index (χ2n) is 9.57. The van der Waals surface area contributed by atoms with Crippen LogP contribution in [-0.2, 0) is 6.54 Å². The first kappa shape index (κ1) is 22.6. The van der Waals surface area contributed by atoms with E-state index in [1.807, 2.05) is 54.6 Å². The van der Waals surface area contributed by atoms with Gasteiger partial charge in [0.05, 0.1) is 34.5 Å². The molecule has 6 heterocycles. The number of halogens is 2. The number of alkyl halides is 2. The second kappa shape index (κ2) is 8.77. The minimum atomic E-state index is -2.62. The van der Waals surface area contributed by atoms with Crippen LogP contribution in [0.15, 0.2) is 73.2 Å². The molecule has 0 amide bonds. The molecule has 1 aromatic carbocycles. The van der Waals surface area contributed by atoms with Crippen molar-refractivity contribution in [1.29, 1.82) is 0 Å². The van der Waals surface area contributed by atoms with Crippen molar-refractivity contribution in [3.8, 4) is 34.0 Å². The first-order chi connectivity index (χ1) is 18.5. The van der Waals surface area contributed by atoms with Gasteiger partial charge in [0, 0.05) is 49.2 Å². The zero-order valence-electron chi connectivity index (χ0n) is 20.2. The number of nitrogens with one attached hydrogen (secondary N) is 2. The van der Waals surface area contributed by atoms with Gasteiger partial charge in [-0.25, -0.2) is 18.7 Å². The van der Waals surface area contributed by atoms with E-state index in [-0.39, 0.29) is 13.0 Å². The summed E-state index contributed by atoms with van der Waals surface area (Å²) in [5.74, 6) is -2.02. The average Bonchev–Trinajstić information content (AvgIpc) is 3.64. The number of fused-ring (bicyclic) bond motifs is 2. The van der Waals surface area contributed by atoms with Gasteiger partial charge >= 0.3 is 0 Å². The number of benzene rings is 1. The number of aromatic nitrogens is 7. The highest BCUT2D eigenvalue weighted by Gasteiger charge is 2.37. The van der Waals surface area contributed by atoms with E-state index in [9.17, 15) is 8.78 Å². The first-order valence-electron chi connectivity index (χ1n) is 12.3. The number of hydrogen-bond donors (Lipinski definition) is 2. The molecule has 0 aliphatic carbocycles. The normalized spacial score (nSPS) is 15.5. The number of nitrogens with zero attached hydrogens (tertiary/aromatic N) is 6. The third-order valence-electron chi connectivity index (χ3n) is 6.83. The van der Waals surface area contributed by atoms with Crippen LogP contribution < -0.4 is 0 Å². The van der Waals surface area contributed by atoms with Crippen LogP contribution in [0.2, 0.25) is 0 Å². The number of H-pyrrole nitrogens is 2. The topological polar surface area (TPSA) is 99.3 Å². The largest absolute Gasteiger partial charge is 0.336 e. The van der Waals surface area contributed by atoms with Gasteiger partial charge in [0.2, 0.25) is 0 Å². The van der Waals surface area contributed by atoms with Crippen LogP contribution in [0.1, 0.15) is 12.0 Å². The highest BCUT2D eigenvalue weighted by Crippen LogP contribution is 2.32. The van der Waals surface area contributed by atoms with Crippen LogP contribution in [0.25, 0.3) is 56.1 Å². The van der Waals surface area contributed by atoms with E-state index >= 15 is 0 Å². The van der Waals surface area contributed by atoms with E-state index in [2.05, 4.69) is 25.1 Å². The monoisotopic (exact) mass is 508 g/mol. The summed E-state index contributed by atoms with van der Waals surface area (Å²) in [7, 11) is 0. The zero-order chi connectivity index (χ0) is 25.7. The highest BCUT2D eigenvalue weighted by molar-refractivity contribution is 5.95. The Morgan fingerprint density at radius 3 is 2.71 bits per heavy atom. The van der Waals surface area contributed by atoms with Gasteiger partial charge in [0.1, 0.15) is 5.52 Å². The molecular formula is C28H22F2N8. The molecule has 7 rings (SSSR count). The molecule has 10 heteroatoms. The van der Waals surface area contributed by atoms with Crippen LogP contribution in [0.4, 0.5) is 8.78 Å². The van der Waals surface area contributed by atoms with Crippen molar-refractivity contribution in [2.45, 2.75) is 18.9 Å². The summed E-state index contributed by atoms with van der Waals surface area (Å²) < 4.78 is 27.3. The fraction of sp³-hybridized carbons (Fsp3) is 0.179. The van der Waals surface area contributed by atoms with E-state index in [0.29, 0.717) is 35.8 Å². The van der Waals surface area contributed by atoms with Crippen molar-refractivity contribution >= 4 is 22.1 Å². The molecule has 5 aromatic heterocycles. The lowest BCUT2D eigenvalue weighted by Gasteiger charge is -2.15. The minimum Gasteiger partial charge on any atom is -0.336 e. The molecule has 0 radical (unpaired) electrons. The summed E-state index contributed by atoms with van der Waals surface area (Å²) in [4.78, 5) is 23.7. The number of imidazole rings is 1. The van der Waals surface area contributed by atoms with Crippen molar-refractivity contribution in [1.82, 2.24) is 40.0 Å². The quantitative estimate of drug-likeness (QED) is 0.321. The van der Waals surface area contributed by atoms with Gasteiger partial charge in [0.25, 0.3) is 5.92 Å². The van der Waals surface area contributed by atoms with Gasteiger partial charge in [-0.2, -0.15) is 5.10 Å². The number of likely N-dealkylation sites (tertiary alicyclic amines) is 1. The molecule has 188 valence electrons. The average molecular weight is 509 g/mol. The van der Waals surface area contributed by atoms with Gasteiger partial charge in [-0.1, -0.05) is 18.2 Å². The van der Waals surface area contributed by atoms with Crippen LogP contribution >= 0.6 is 0 Å². The van der Waals surface area contributed by atoms with Crippen molar-refractivity contribution in [3.05, 3.63) is 78.8 Å². The maximum Gasteiger partial charge on any atom is 0.261 e. The Balaban J connectivity index is 1.24. The highest BCUT2D eigenvalue weighted by atomic mass is 19.3. The van der Waals surface area contributed by atoms with E-state index in [1.165, 1.54) is 0 Å². The molecule has 1 aliphatic heterocycles. The Bertz CT molecular complexity index is 1780. The molecule has 1 saturated heterocycles. The summed E-state index contributed by atoms with van der Waals surface area (Å²) >= 11 is 0. The summed E-state index contributed by atoms with van der Waals surface area (Å²) in [6, 6.07) is 17.5. The molecule has 0 spiro atoms. The Morgan fingerprint density at radius 2 is 1.87 bits per heavy atom. The summed E-state index contributed by atoms with van der Waals surface area (Å²) in [6.07, 6.45) is 5.11. The molecular weight excluding hydrogens is 486 g/mol. The smallest absolute Gasteiger partial charge is 0.261 e.